The molecule has 7 heteroatoms. The van der Waals surface area contributed by atoms with E-state index in [4.69, 9.17) is 5.73 Å². The summed E-state index contributed by atoms with van der Waals surface area (Å²) < 4.78 is 0.959. The highest BCUT2D eigenvalue weighted by molar-refractivity contribution is 9.10. The van der Waals surface area contributed by atoms with Gasteiger partial charge in [-0.3, -0.25) is 9.78 Å². The Bertz CT molecular complexity index is 746. The number of aromatic nitrogens is 1. The second-order valence-electron chi connectivity index (χ2n) is 6.46. The van der Waals surface area contributed by atoms with Crippen LogP contribution in [0.3, 0.4) is 0 Å². The van der Waals surface area contributed by atoms with E-state index in [0.717, 1.165) is 52.6 Å². The molecule has 1 aromatic heterocycles. The Kier molecular flexibility index (Phi) is 8.13. The molecule has 0 aliphatic carbocycles. The summed E-state index contributed by atoms with van der Waals surface area (Å²) in [7, 11) is 0. The SMILES string of the molecule is Cc1cc(C(=O)N2CCC(C(C)N)CC2)c2cc(Br)ccc2n1.Cl.Cl. The van der Waals surface area contributed by atoms with E-state index in [1.54, 1.807) is 0 Å². The van der Waals surface area contributed by atoms with E-state index in [1.807, 2.05) is 36.1 Å². The molecule has 1 aliphatic heterocycles. The van der Waals surface area contributed by atoms with Crippen molar-refractivity contribution in [1.29, 1.82) is 0 Å². The lowest BCUT2D eigenvalue weighted by atomic mass is 9.90. The van der Waals surface area contributed by atoms with Gasteiger partial charge in [0.25, 0.3) is 5.91 Å². The first-order valence-corrected chi connectivity index (χ1v) is 8.87. The van der Waals surface area contributed by atoms with Gasteiger partial charge in [-0.05, 0) is 56.9 Å². The minimum Gasteiger partial charge on any atom is -0.339 e. The number of nitrogens with zero attached hydrogens (tertiary/aromatic N) is 2. The number of fused-ring (bicyclic) bond motifs is 1. The number of carbonyl (C=O) groups is 1. The average Bonchev–Trinajstić information content (AvgIpc) is 2.54. The fourth-order valence-corrected chi connectivity index (χ4v) is 3.67. The molecule has 1 aliphatic rings. The van der Waals surface area contributed by atoms with E-state index in [2.05, 4.69) is 27.8 Å². The number of amides is 1. The highest BCUT2D eigenvalue weighted by Gasteiger charge is 2.26. The van der Waals surface area contributed by atoms with Gasteiger partial charge in [0.1, 0.15) is 0 Å². The molecule has 2 N–H and O–H groups in total. The number of pyridine rings is 1. The standard InChI is InChI=1S/C18H22BrN3O.2ClH/c1-11-9-16(15-10-14(19)3-4-17(15)21-11)18(23)22-7-5-13(6-8-22)12(2)20;;/h3-4,9-10,12-13H,5-8,20H2,1-2H3;2*1H. The van der Waals surface area contributed by atoms with Gasteiger partial charge in [-0.1, -0.05) is 15.9 Å². The number of carbonyl (C=O) groups excluding carboxylic acids is 1. The summed E-state index contributed by atoms with van der Waals surface area (Å²) in [6.07, 6.45) is 1.96. The molecule has 0 saturated carbocycles. The van der Waals surface area contributed by atoms with Gasteiger partial charge in [-0.25, -0.2) is 0 Å². The molecule has 1 aromatic carbocycles. The first kappa shape index (κ1) is 22.2. The Morgan fingerprint density at radius 3 is 2.52 bits per heavy atom. The maximum absolute atomic E-state index is 13.0. The fraction of sp³-hybridized carbons (Fsp3) is 0.444. The molecule has 1 amide bonds. The maximum Gasteiger partial charge on any atom is 0.254 e. The zero-order valence-electron chi connectivity index (χ0n) is 14.4. The lowest BCUT2D eigenvalue weighted by Crippen LogP contribution is -2.42. The Morgan fingerprint density at radius 2 is 1.92 bits per heavy atom. The van der Waals surface area contributed by atoms with Crippen molar-refractivity contribution in [3.63, 3.8) is 0 Å². The molecule has 3 rings (SSSR count). The summed E-state index contributed by atoms with van der Waals surface area (Å²) in [5.41, 5.74) is 8.47. The van der Waals surface area contributed by atoms with E-state index in [9.17, 15) is 4.79 Å². The molecule has 2 heterocycles. The van der Waals surface area contributed by atoms with Crippen molar-refractivity contribution in [2.24, 2.45) is 11.7 Å². The number of aryl methyl sites for hydroxylation is 1. The Hall–Kier alpha value is -0.880. The van der Waals surface area contributed by atoms with Gasteiger partial charge in [0.05, 0.1) is 11.1 Å². The maximum atomic E-state index is 13.0. The molecule has 1 unspecified atom stereocenters. The predicted octanol–water partition coefficient (Wildman–Crippen LogP) is 4.35. The second-order valence-corrected chi connectivity index (χ2v) is 7.38. The Labute approximate surface area is 169 Å². The normalized spacial score (nSPS) is 16.1. The van der Waals surface area contributed by atoms with Crippen LogP contribution in [0, 0.1) is 12.8 Å². The minimum absolute atomic E-state index is 0. The van der Waals surface area contributed by atoms with E-state index in [0.29, 0.717) is 5.92 Å². The topological polar surface area (TPSA) is 59.2 Å². The van der Waals surface area contributed by atoms with Crippen molar-refractivity contribution in [1.82, 2.24) is 9.88 Å². The van der Waals surface area contributed by atoms with Gasteiger partial charge in [0.2, 0.25) is 0 Å². The zero-order chi connectivity index (χ0) is 16.6. The van der Waals surface area contributed by atoms with Crippen LogP contribution >= 0.6 is 40.7 Å². The summed E-state index contributed by atoms with van der Waals surface area (Å²) >= 11 is 3.49. The lowest BCUT2D eigenvalue weighted by Gasteiger charge is -2.34. The summed E-state index contributed by atoms with van der Waals surface area (Å²) in [6, 6.07) is 7.98. The average molecular weight is 449 g/mol. The summed E-state index contributed by atoms with van der Waals surface area (Å²) in [6.45, 7) is 5.55. The van der Waals surface area contributed by atoms with Crippen molar-refractivity contribution in [3.8, 4) is 0 Å². The molecule has 25 heavy (non-hydrogen) atoms. The quantitative estimate of drug-likeness (QED) is 0.742. The molecule has 0 bridgehead atoms. The second kappa shape index (κ2) is 9.17. The third-order valence-corrected chi connectivity index (χ3v) is 5.19. The molecule has 2 aromatic rings. The monoisotopic (exact) mass is 447 g/mol. The number of likely N-dealkylation sites (tertiary alicyclic amines) is 1. The number of nitrogens with two attached hydrogens (primary N) is 1. The number of piperidine rings is 1. The minimum atomic E-state index is 0. The van der Waals surface area contributed by atoms with Gasteiger partial charge < -0.3 is 10.6 Å². The van der Waals surface area contributed by atoms with Crippen LogP contribution in [-0.2, 0) is 0 Å². The third-order valence-electron chi connectivity index (χ3n) is 4.70. The van der Waals surface area contributed by atoms with Gasteiger partial charge >= 0.3 is 0 Å². The molecular weight excluding hydrogens is 425 g/mol. The molecule has 0 radical (unpaired) electrons. The molecule has 1 saturated heterocycles. The van der Waals surface area contributed by atoms with E-state index in [-0.39, 0.29) is 36.8 Å². The Balaban J connectivity index is 0.00000156. The van der Waals surface area contributed by atoms with E-state index >= 15 is 0 Å². The van der Waals surface area contributed by atoms with Gasteiger partial charge in [0, 0.05) is 34.7 Å². The zero-order valence-corrected chi connectivity index (χ0v) is 17.6. The highest BCUT2D eigenvalue weighted by atomic mass is 79.9. The highest BCUT2D eigenvalue weighted by Crippen LogP contribution is 2.26. The first-order valence-electron chi connectivity index (χ1n) is 8.07. The lowest BCUT2D eigenvalue weighted by molar-refractivity contribution is 0.0683. The Morgan fingerprint density at radius 1 is 1.28 bits per heavy atom. The van der Waals surface area contributed by atoms with E-state index < -0.39 is 0 Å². The van der Waals surface area contributed by atoms with Crippen molar-refractivity contribution < 1.29 is 4.79 Å². The van der Waals surface area contributed by atoms with Crippen LogP contribution in [0.1, 0.15) is 35.8 Å². The van der Waals surface area contributed by atoms with Crippen LogP contribution in [0.2, 0.25) is 0 Å². The largest absolute Gasteiger partial charge is 0.339 e. The number of benzene rings is 1. The number of hydrogen-bond acceptors (Lipinski definition) is 3. The van der Waals surface area contributed by atoms with Crippen LogP contribution in [-0.4, -0.2) is 34.9 Å². The summed E-state index contributed by atoms with van der Waals surface area (Å²) in [4.78, 5) is 19.5. The first-order chi connectivity index (χ1) is 11.0. The van der Waals surface area contributed by atoms with Gasteiger partial charge in [-0.15, -0.1) is 24.8 Å². The smallest absolute Gasteiger partial charge is 0.254 e. The summed E-state index contributed by atoms with van der Waals surface area (Å²) in [5, 5.41) is 0.907. The molecule has 1 fully saturated rings. The van der Waals surface area contributed by atoms with E-state index in [1.165, 1.54) is 0 Å². The van der Waals surface area contributed by atoms with Crippen molar-refractivity contribution in [2.75, 3.05) is 13.1 Å². The van der Waals surface area contributed by atoms with Crippen molar-refractivity contribution >= 4 is 57.6 Å². The predicted molar refractivity (Wildman–Crippen MR) is 111 cm³/mol. The van der Waals surface area contributed by atoms with Crippen molar-refractivity contribution in [3.05, 3.63) is 40.0 Å². The number of rotatable bonds is 2. The molecule has 1 atom stereocenters. The van der Waals surface area contributed by atoms with Crippen molar-refractivity contribution in [2.45, 2.75) is 32.7 Å². The summed E-state index contributed by atoms with van der Waals surface area (Å²) in [5.74, 6) is 0.617. The van der Waals surface area contributed by atoms with Crippen LogP contribution < -0.4 is 5.73 Å². The molecule has 0 spiro atoms. The van der Waals surface area contributed by atoms with Crippen LogP contribution in [0.15, 0.2) is 28.7 Å². The number of hydrogen-bond donors (Lipinski definition) is 1. The number of halogens is 3. The third kappa shape index (κ3) is 4.85. The van der Waals surface area contributed by atoms with Crippen LogP contribution in [0.4, 0.5) is 0 Å². The van der Waals surface area contributed by atoms with Crippen LogP contribution in [0.25, 0.3) is 10.9 Å². The molecular formula is C18H24BrCl2N3O. The van der Waals surface area contributed by atoms with Crippen LogP contribution in [0.5, 0.6) is 0 Å². The fourth-order valence-electron chi connectivity index (χ4n) is 3.31. The molecule has 4 nitrogen and oxygen atoms in total. The van der Waals surface area contributed by atoms with Gasteiger partial charge in [-0.2, -0.15) is 0 Å². The van der Waals surface area contributed by atoms with Gasteiger partial charge in [0.15, 0.2) is 0 Å². The molecule has 138 valence electrons.